The second-order valence-corrected chi connectivity index (χ2v) is 7.19. The van der Waals surface area contributed by atoms with Crippen molar-refractivity contribution in [1.29, 1.82) is 0 Å². The minimum Gasteiger partial charge on any atom is -0.492 e. The van der Waals surface area contributed by atoms with E-state index in [4.69, 9.17) is 4.74 Å². The average molecular weight is 385 g/mol. The van der Waals surface area contributed by atoms with Gasteiger partial charge >= 0.3 is 0 Å². The van der Waals surface area contributed by atoms with Crippen molar-refractivity contribution < 1.29 is 13.9 Å². The molecule has 6 heteroatoms. The van der Waals surface area contributed by atoms with E-state index in [2.05, 4.69) is 15.1 Å². The first kappa shape index (κ1) is 20.3. The number of ether oxygens (including phenoxy) is 1. The molecule has 1 fully saturated rings. The van der Waals surface area contributed by atoms with Gasteiger partial charge in [-0.05, 0) is 43.7 Å². The zero-order valence-electron chi connectivity index (χ0n) is 16.5. The number of benzene rings is 2. The van der Waals surface area contributed by atoms with Crippen LogP contribution in [0, 0.1) is 12.7 Å². The summed E-state index contributed by atoms with van der Waals surface area (Å²) in [4.78, 5) is 17.0. The Bertz CT molecular complexity index is 777. The third-order valence-corrected chi connectivity index (χ3v) is 5.14. The molecule has 150 valence electrons. The summed E-state index contributed by atoms with van der Waals surface area (Å²) in [6.07, 6.45) is 0. The zero-order valence-corrected chi connectivity index (χ0v) is 16.5. The zero-order chi connectivity index (χ0) is 19.9. The van der Waals surface area contributed by atoms with E-state index in [1.165, 1.54) is 6.07 Å². The molecule has 0 aromatic heterocycles. The summed E-state index contributed by atoms with van der Waals surface area (Å²) in [6.45, 7) is 8.57. The molecule has 1 atom stereocenters. The molecule has 0 spiro atoms. The Labute approximate surface area is 166 Å². The van der Waals surface area contributed by atoms with Gasteiger partial charge in [0.1, 0.15) is 18.2 Å². The monoisotopic (exact) mass is 385 g/mol. The first-order chi connectivity index (χ1) is 13.5. The maximum atomic E-state index is 14.0. The quantitative estimate of drug-likeness (QED) is 0.795. The van der Waals surface area contributed by atoms with Crippen molar-refractivity contribution in [1.82, 2.24) is 9.80 Å². The number of anilines is 1. The van der Waals surface area contributed by atoms with Gasteiger partial charge in [0.05, 0.1) is 11.7 Å². The number of para-hydroxylation sites is 1. The van der Waals surface area contributed by atoms with Crippen LogP contribution in [0.15, 0.2) is 48.5 Å². The maximum absolute atomic E-state index is 14.0. The number of carbonyl (C=O) groups is 1. The third kappa shape index (κ3) is 5.53. The van der Waals surface area contributed by atoms with Crippen LogP contribution in [0.1, 0.15) is 12.5 Å². The third-order valence-electron chi connectivity index (χ3n) is 5.14. The lowest BCUT2D eigenvalue weighted by molar-refractivity contribution is -0.121. The van der Waals surface area contributed by atoms with Gasteiger partial charge in [0.25, 0.3) is 0 Å². The van der Waals surface area contributed by atoms with E-state index in [9.17, 15) is 9.18 Å². The minimum atomic E-state index is -0.399. The number of nitrogens with zero attached hydrogens (tertiary/aromatic N) is 2. The topological polar surface area (TPSA) is 44.8 Å². The van der Waals surface area contributed by atoms with Gasteiger partial charge in [-0.15, -0.1) is 0 Å². The van der Waals surface area contributed by atoms with Crippen LogP contribution in [0.4, 0.5) is 10.1 Å². The molecule has 1 heterocycles. The van der Waals surface area contributed by atoms with Gasteiger partial charge in [-0.3, -0.25) is 14.6 Å². The molecule has 2 aromatic rings. The molecule has 0 radical (unpaired) electrons. The van der Waals surface area contributed by atoms with Crippen molar-refractivity contribution in [2.75, 3.05) is 44.6 Å². The number of rotatable bonds is 7. The number of piperazine rings is 1. The molecule has 1 amide bonds. The molecule has 1 aliphatic rings. The second-order valence-electron chi connectivity index (χ2n) is 7.19. The fourth-order valence-electron chi connectivity index (χ4n) is 3.31. The fourth-order valence-corrected chi connectivity index (χ4v) is 3.31. The summed E-state index contributed by atoms with van der Waals surface area (Å²) < 4.78 is 19.7. The smallest absolute Gasteiger partial charge is 0.241 e. The van der Waals surface area contributed by atoms with E-state index in [1.807, 2.05) is 44.2 Å². The van der Waals surface area contributed by atoms with Gasteiger partial charge in [-0.1, -0.05) is 24.3 Å². The highest BCUT2D eigenvalue weighted by molar-refractivity contribution is 5.94. The van der Waals surface area contributed by atoms with E-state index in [0.29, 0.717) is 6.61 Å². The number of nitrogens with one attached hydrogen (secondary N) is 1. The van der Waals surface area contributed by atoms with Crippen LogP contribution in [-0.2, 0) is 4.79 Å². The van der Waals surface area contributed by atoms with Gasteiger partial charge in [-0.25, -0.2) is 4.39 Å². The minimum absolute atomic E-state index is 0.177. The van der Waals surface area contributed by atoms with E-state index < -0.39 is 5.82 Å². The highest BCUT2D eigenvalue weighted by atomic mass is 19.1. The fraction of sp³-hybridized carbons (Fsp3) is 0.409. The lowest BCUT2D eigenvalue weighted by Gasteiger charge is -2.37. The lowest BCUT2D eigenvalue weighted by atomic mass is 10.2. The first-order valence-electron chi connectivity index (χ1n) is 9.74. The summed E-state index contributed by atoms with van der Waals surface area (Å²) in [6, 6.07) is 14.3. The number of amides is 1. The Kier molecular flexibility index (Phi) is 7.01. The van der Waals surface area contributed by atoms with Crippen LogP contribution < -0.4 is 10.1 Å². The highest BCUT2D eigenvalue weighted by Gasteiger charge is 2.26. The Morgan fingerprint density at radius 1 is 1.14 bits per heavy atom. The summed E-state index contributed by atoms with van der Waals surface area (Å²) in [5, 5.41) is 2.71. The van der Waals surface area contributed by atoms with Gasteiger partial charge in [0.15, 0.2) is 0 Å². The number of halogens is 1. The van der Waals surface area contributed by atoms with Crippen LogP contribution >= 0.6 is 0 Å². The van der Waals surface area contributed by atoms with E-state index in [0.717, 1.165) is 44.0 Å². The van der Waals surface area contributed by atoms with Gasteiger partial charge in [0.2, 0.25) is 5.91 Å². The summed E-state index contributed by atoms with van der Waals surface area (Å²) in [5.74, 6) is 0.308. The highest BCUT2D eigenvalue weighted by Crippen LogP contribution is 2.17. The second kappa shape index (κ2) is 9.66. The Balaban J connectivity index is 1.41. The van der Waals surface area contributed by atoms with Crippen molar-refractivity contribution in [2.45, 2.75) is 19.9 Å². The van der Waals surface area contributed by atoms with Gasteiger partial charge in [0, 0.05) is 32.7 Å². The van der Waals surface area contributed by atoms with Crippen LogP contribution in [0.2, 0.25) is 0 Å². The Hall–Kier alpha value is -2.44. The maximum Gasteiger partial charge on any atom is 0.241 e. The normalized spacial score (nSPS) is 16.5. The van der Waals surface area contributed by atoms with Crippen LogP contribution in [-0.4, -0.2) is 61.1 Å². The molecular weight excluding hydrogens is 357 g/mol. The predicted octanol–water partition coefficient (Wildman–Crippen LogP) is 3.16. The molecular formula is C22H28FN3O2. The van der Waals surface area contributed by atoms with Crippen LogP contribution in [0.3, 0.4) is 0 Å². The van der Waals surface area contributed by atoms with Gasteiger partial charge in [-0.2, -0.15) is 0 Å². The lowest BCUT2D eigenvalue weighted by Crippen LogP contribution is -2.53. The molecule has 28 heavy (non-hydrogen) atoms. The largest absolute Gasteiger partial charge is 0.492 e. The molecule has 1 saturated heterocycles. The Morgan fingerprint density at radius 2 is 1.86 bits per heavy atom. The molecule has 0 saturated carbocycles. The number of hydrogen-bond acceptors (Lipinski definition) is 4. The molecule has 1 unspecified atom stereocenters. The summed E-state index contributed by atoms with van der Waals surface area (Å²) in [5.41, 5.74) is 1.06. The van der Waals surface area contributed by atoms with Crippen molar-refractivity contribution in [3.63, 3.8) is 0 Å². The molecule has 1 N–H and O–H groups in total. The molecule has 3 rings (SSSR count). The number of hydrogen-bond donors (Lipinski definition) is 1. The Morgan fingerprint density at radius 3 is 2.54 bits per heavy atom. The molecule has 2 aromatic carbocycles. The first-order valence-corrected chi connectivity index (χ1v) is 9.74. The molecule has 1 aliphatic heterocycles. The van der Waals surface area contributed by atoms with Crippen molar-refractivity contribution in [3.05, 3.63) is 59.9 Å². The average Bonchev–Trinajstić information content (AvgIpc) is 2.71. The van der Waals surface area contributed by atoms with E-state index in [1.54, 1.807) is 12.1 Å². The number of aryl methyl sites for hydroxylation is 1. The van der Waals surface area contributed by atoms with E-state index in [-0.39, 0.29) is 17.6 Å². The van der Waals surface area contributed by atoms with E-state index >= 15 is 0 Å². The van der Waals surface area contributed by atoms with Gasteiger partial charge < -0.3 is 10.1 Å². The summed E-state index contributed by atoms with van der Waals surface area (Å²) in [7, 11) is 0. The van der Waals surface area contributed by atoms with Crippen molar-refractivity contribution >= 4 is 11.6 Å². The van der Waals surface area contributed by atoms with Crippen LogP contribution in [0.25, 0.3) is 0 Å². The standard InChI is InChI=1S/C22H28FN3O2/c1-17-8-9-21(20(23)16-17)24-22(27)18(2)26-12-10-25(11-13-26)14-15-28-19-6-4-3-5-7-19/h3-9,16,18H,10-15H2,1-2H3,(H,24,27). The summed E-state index contributed by atoms with van der Waals surface area (Å²) >= 11 is 0. The number of carbonyl (C=O) groups excluding carboxylic acids is 1. The SMILES string of the molecule is Cc1ccc(NC(=O)C(C)N2CCN(CCOc3ccccc3)CC2)c(F)c1. The van der Waals surface area contributed by atoms with Crippen molar-refractivity contribution in [2.24, 2.45) is 0 Å². The molecule has 5 nitrogen and oxygen atoms in total. The molecule has 0 aliphatic carbocycles. The molecule has 0 bridgehead atoms. The van der Waals surface area contributed by atoms with Crippen molar-refractivity contribution in [3.8, 4) is 5.75 Å². The predicted molar refractivity (Wildman–Crippen MR) is 109 cm³/mol. The van der Waals surface area contributed by atoms with Crippen LogP contribution in [0.5, 0.6) is 5.75 Å².